The van der Waals surface area contributed by atoms with Crippen LogP contribution in [0.2, 0.25) is 0 Å². The minimum atomic E-state index is -0.881. The average Bonchev–Trinajstić information content (AvgIpc) is 3.30. The largest absolute Gasteiger partial charge is 0.493 e. The molecule has 0 aliphatic rings. The molecule has 7 nitrogen and oxygen atoms in total. The molecule has 3 heterocycles. The lowest BCUT2D eigenvalue weighted by atomic mass is 9.88. The lowest BCUT2D eigenvalue weighted by Crippen LogP contribution is -2.08. The van der Waals surface area contributed by atoms with Crippen molar-refractivity contribution in [3.8, 4) is 5.75 Å². The van der Waals surface area contributed by atoms with E-state index >= 15 is 0 Å². The van der Waals surface area contributed by atoms with Gasteiger partial charge in [-0.2, -0.15) is 0 Å². The van der Waals surface area contributed by atoms with Crippen LogP contribution in [0, 0.1) is 0 Å². The van der Waals surface area contributed by atoms with Crippen molar-refractivity contribution in [2.24, 2.45) is 0 Å². The fourth-order valence-electron chi connectivity index (χ4n) is 4.28. The van der Waals surface area contributed by atoms with Gasteiger partial charge in [-0.1, -0.05) is 24.3 Å². The van der Waals surface area contributed by atoms with Crippen LogP contribution in [0.3, 0.4) is 0 Å². The SMILES string of the molecule is CNc1cccc(CCOc2ccc3c(C(CC(=O)O)c4cnc5ccccc5c4)coc3c2)n1. The molecule has 0 amide bonds. The fraction of sp³-hybridized carbons (Fsp3) is 0.179. The molecular weight excluding hydrogens is 442 g/mol. The highest BCUT2D eigenvalue weighted by atomic mass is 16.5. The van der Waals surface area contributed by atoms with E-state index in [0.29, 0.717) is 24.4 Å². The van der Waals surface area contributed by atoms with Crippen LogP contribution < -0.4 is 10.1 Å². The number of para-hydroxylation sites is 1. The number of ether oxygens (including phenoxy) is 1. The third-order valence-electron chi connectivity index (χ3n) is 6.03. The number of nitrogens with one attached hydrogen (secondary N) is 1. The molecule has 0 aliphatic carbocycles. The van der Waals surface area contributed by atoms with Crippen molar-refractivity contribution in [1.29, 1.82) is 0 Å². The summed E-state index contributed by atoms with van der Waals surface area (Å²) in [6, 6.07) is 21.3. The van der Waals surface area contributed by atoms with Gasteiger partial charge >= 0.3 is 5.97 Å². The molecule has 7 heteroatoms. The summed E-state index contributed by atoms with van der Waals surface area (Å²) in [7, 11) is 1.84. The number of aromatic nitrogens is 2. The van der Waals surface area contributed by atoms with Gasteiger partial charge in [0.25, 0.3) is 0 Å². The Morgan fingerprint density at radius 2 is 2.00 bits per heavy atom. The standard InChI is InChI=1S/C28H25N3O4/c1-29-27-8-4-6-20(31-27)11-12-34-21-9-10-22-24(17-35-26(22)14-21)23(15-28(32)33)19-13-18-5-2-3-7-25(18)30-16-19/h2-10,13-14,16-17,23H,11-12,15H2,1H3,(H,29,31)(H,32,33). The number of aliphatic carboxylic acids is 1. The Hall–Kier alpha value is -4.39. The lowest BCUT2D eigenvalue weighted by Gasteiger charge is -2.15. The quantitative estimate of drug-likeness (QED) is 0.289. The van der Waals surface area contributed by atoms with Gasteiger partial charge in [-0.05, 0) is 42.0 Å². The van der Waals surface area contributed by atoms with E-state index in [4.69, 9.17) is 9.15 Å². The second-order valence-corrected chi connectivity index (χ2v) is 8.32. The number of benzene rings is 2. The number of furan rings is 1. The highest BCUT2D eigenvalue weighted by Crippen LogP contribution is 2.36. The molecule has 35 heavy (non-hydrogen) atoms. The van der Waals surface area contributed by atoms with Gasteiger partial charge in [0.15, 0.2) is 0 Å². The Balaban J connectivity index is 1.38. The zero-order chi connectivity index (χ0) is 24.2. The maximum absolute atomic E-state index is 11.7. The van der Waals surface area contributed by atoms with E-state index in [1.165, 1.54) is 0 Å². The Kier molecular flexibility index (Phi) is 6.30. The number of anilines is 1. The zero-order valence-corrected chi connectivity index (χ0v) is 19.3. The number of fused-ring (bicyclic) bond motifs is 2. The molecule has 2 N–H and O–H groups in total. The lowest BCUT2D eigenvalue weighted by molar-refractivity contribution is -0.137. The minimum absolute atomic E-state index is 0.0639. The fourth-order valence-corrected chi connectivity index (χ4v) is 4.28. The van der Waals surface area contributed by atoms with Crippen molar-refractivity contribution in [1.82, 2.24) is 9.97 Å². The molecule has 1 atom stereocenters. The number of pyridine rings is 2. The van der Waals surface area contributed by atoms with Gasteiger partial charge in [0.1, 0.15) is 17.2 Å². The molecule has 0 spiro atoms. The normalized spacial score (nSPS) is 12.0. The van der Waals surface area contributed by atoms with Gasteiger partial charge in [0.05, 0.1) is 24.8 Å². The van der Waals surface area contributed by atoms with Gasteiger partial charge in [-0.25, -0.2) is 4.98 Å². The van der Waals surface area contributed by atoms with E-state index in [0.717, 1.165) is 38.9 Å². The molecule has 0 aliphatic heterocycles. The molecular formula is C28H25N3O4. The smallest absolute Gasteiger partial charge is 0.304 e. The first kappa shape index (κ1) is 22.4. The predicted molar refractivity (Wildman–Crippen MR) is 135 cm³/mol. The third kappa shape index (κ3) is 4.94. The second-order valence-electron chi connectivity index (χ2n) is 8.32. The molecule has 0 saturated heterocycles. The molecule has 0 bridgehead atoms. The van der Waals surface area contributed by atoms with Crippen LogP contribution in [0.1, 0.15) is 29.2 Å². The van der Waals surface area contributed by atoms with E-state index in [1.807, 2.05) is 73.8 Å². The highest BCUT2D eigenvalue weighted by Gasteiger charge is 2.23. The maximum Gasteiger partial charge on any atom is 0.304 e. The van der Waals surface area contributed by atoms with Gasteiger partial charge in [-0.3, -0.25) is 9.78 Å². The number of hydrogen-bond donors (Lipinski definition) is 2. The van der Waals surface area contributed by atoms with E-state index in [2.05, 4.69) is 15.3 Å². The monoisotopic (exact) mass is 467 g/mol. The van der Waals surface area contributed by atoms with E-state index in [9.17, 15) is 9.90 Å². The van der Waals surface area contributed by atoms with Crippen molar-refractivity contribution < 1.29 is 19.1 Å². The van der Waals surface area contributed by atoms with Crippen molar-refractivity contribution in [2.75, 3.05) is 19.0 Å². The Bertz CT molecular complexity index is 1490. The molecule has 176 valence electrons. The molecule has 2 aromatic carbocycles. The van der Waals surface area contributed by atoms with Crippen LogP contribution in [0.15, 0.2) is 83.6 Å². The van der Waals surface area contributed by atoms with Gasteiger partial charge in [0, 0.05) is 53.7 Å². The van der Waals surface area contributed by atoms with Crippen LogP contribution in [0.25, 0.3) is 21.9 Å². The summed E-state index contributed by atoms with van der Waals surface area (Å²) >= 11 is 0. The topological polar surface area (TPSA) is 97.5 Å². The van der Waals surface area contributed by atoms with Crippen LogP contribution in [-0.2, 0) is 11.2 Å². The molecule has 3 aromatic heterocycles. The summed E-state index contributed by atoms with van der Waals surface area (Å²) in [4.78, 5) is 20.8. The van der Waals surface area contributed by atoms with E-state index in [-0.39, 0.29) is 12.3 Å². The van der Waals surface area contributed by atoms with Gasteiger partial charge in [-0.15, -0.1) is 0 Å². The van der Waals surface area contributed by atoms with Crippen LogP contribution in [0.4, 0.5) is 5.82 Å². The number of carboxylic acid groups (broad SMARTS) is 1. The van der Waals surface area contributed by atoms with Gasteiger partial charge < -0.3 is 19.6 Å². The second kappa shape index (κ2) is 9.85. The highest BCUT2D eigenvalue weighted by molar-refractivity contribution is 5.85. The zero-order valence-electron chi connectivity index (χ0n) is 19.3. The Morgan fingerprint density at radius 3 is 2.86 bits per heavy atom. The summed E-state index contributed by atoms with van der Waals surface area (Å²) in [5, 5.41) is 14.5. The number of carboxylic acids is 1. The van der Waals surface area contributed by atoms with Crippen LogP contribution >= 0.6 is 0 Å². The average molecular weight is 468 g/mol. The summed E-state index contributed by atoms with van der Waals surface area (Å²) in [6.45, 7) is 0.476. The Morgan fingerprint density at radius 1 is 1.11 bits per heavy atom. The van der Waals surface area contributed by atoms with Crippen molar-refractivity contribution >= 4 is 33.7 Å². The van der Waals surface area contributed by atoms with Crippen LogP contribution in [-0.4, -0.2) is 34.7 Å². The molecule has 5 rings (SSSR count). The molecule has 0 radical (unpaired) electrons. The minimum Gasteiger partial charge on any atom is -0.493 e. The maximum atomic E-state index is 11.7. The Labute approximate surface area is 202 Å². The first-order valence-electron chi connectivity index (χ1n) is 11.4. The van der Waals surface area contributed by atoms with Crippen molar-refractivity contribution in [2.45, 2.75) is 18.8 Å². The number of carbonyl (C=O) groups is 1. The number of rotatable bonds is 9. The van der Waals surface area contributed by atoms with E-state index < -0.39 is 5.97 Å². The van der Waals surface area contributed by atoms with E-state index in [1.54, 1.807) is 12.5 Å². The van der Waals surface area contributed by atoms with Crippen LogP contribution in [0.5, 0.6) is 5.75 Å². The summed E-state index contributed by atoms with van der Waals surface area (Å²) in [5.74, 6) is 0.242. The first-order chi connectivity index (χ1) is 17.1. The predicted octanol–water partition coefficient (Wildman–Crippen LogP) is 5.65. The molecule has 1 unspecified atom stereocenters. The van der Waals surface area contributed by atoms with Gasteiger partial charge in [0.2, 0.25) is 0 Å². The number of nitrogens with zero attached hydrogens (tertiary/aromatic N) is 2. The molecule has 5 aromatic rings. The first-order valence-corrected chi connectivity index (χ1v) is 11.4. The summed E-state index contributed by atoms with van der Waals surface area (Å²) < 4.78 is 11.8. The van der Waals surface area contributed by atoms with Crippen molar-refractivity contribution in [3.05, 3.63) is 96.0 Å². The summed E-state index contributed by atoms with van der Waals surface area (Å²) in [6.07, 6.45) is 4.01. The summed E-state index contributed by atoms with van der Waals surface area (Å²) in [5.41, 5.74) is 4.12. The molecule has 0 saturated carbocycles. The third-order valence-corrected chi connectivity index (χ3v) is 6.03. The molecule has 0 fully saturated rings. The number of hydrogen-bond acceptors (Lipinski definition) is 6. The van der Waals surface area contributed by atoms with Crippen molar-refractivity contribution in [3.63, 3.8) is 0 Å².